The predicted octanol–water partition coefficient (Wildman–Crippen LogP) is 3.96. The van der Waals surface area contributed by atoms with Crippen LogP contribution in [-0.2, 0) is 0 Å². The molecule has 1 atom stereocenters. The Balaban J connectivity index is 1.99. The molecular formula is C15H22N2S. The maximum Gasteiger partial charge on any atom is 0.173 e. The molecule has 2 nitrogen and oxygen atoms in total. The molecule has 1 saturated heterocycles. The number of nitrogens with zero attached hydrogens (tertiary/aromatic N) is 1. The fourth-order valence-corrected chi connectivity index (χ4v) is 2.80. The Morgan fingerprint density at radius 3 is 2.67 bits per heavy atom. The second-order valence-electron chi connectivity index (χ2n) is 5.19. The molecule has 0 saturated carbocycles. The van der Waals surface area contributed by atoms with Gasteiger partial charge in [-0.25, -0.2) is 0 Å². The van der Waals surface area contributed by atoms with Crippen LogP contribution in [0.2, 0.25) is 0 Å². The number of nitrogens with one attached hydrogen (secondary N) is 1. The maximum absolute atomic E-state index is 5.54. The highest BCUT2D eigenvalue weighted by atomic mass is 32.1. The first-order valence-corrected chi connectivity index (χ1v) is 7.22. The van der Waals surface area contributed by atoms with Crippen LogP contribution in [-0.4, -0.2) is 22.6 Å². The Morgan fingerprint density at radius 2 is 1.94 bits per heavy atom. The summed E-state index contributed by atoms with van der Waals surface area (Å²) in [5.41, 5.74) is 2.36. The Bertz CT molecular complexity index is 399. The Hall–Kier alpha value is -1.09. The summed E-state index contributed by atoms with van der Waals surface area (Å²) >= 11 is 5.54. The molecule has 18 heavy (non-hydrogen) atoms. The summed E-state index contributed by atoms with van der Waals surface area (Å²) in [6.45, 7) is 5.45. The van der Waals surface area contributed by atoms with E-state index in [2.05, 4.69) is 48.3 Å². The third-order valence-corrected chi connectivity index (χ3v) is 3.95. The minimum atomic E-state index is 0.554. The third-order valence-electron chi connectivity index (χ3n) is 3.62. The summed E-state index contributed by atoms with van der Waals surface area (Å²) in [5, 5.41) is 4.22. The summed E-state index contributed by atoms with van der Waals surface area (Å²) in [7, 11) is 0. The van der Waals surface area contributed by atoms with E-state index in [4.69, 9.17) is 12.2 Å². The summed E-state index contributed by atoms with van der Waals surface area (Å²) in [6.07, 6.45) is 5.15. The highest BCUT2D eigenvalue weighted by Crippen LogP contribution is 2.18. The molecule has 2 rings (SSSR count). The molecule has 1 aliphatic rings. The number of benzene rings is 1. The average Bonchev–Trinajstić information content (AvgIpc) is 2.57. The van der Waals surface area contributed by atoms with Crippen LogP contribution >= 0.6 is 12.2 Å². The molecule has 0 spiro atoms. The van der Waals surface area contributed by atoms with E-state index in [1.807, 2.05) is 0 Å². The zero-order valence-electron chi connectivity index (χ0n) is 11.3. The van der Waals surface area contributed by atoms with E-state index in [1.54, 1.807) is 0 Å². The van der Waals surface area contributed by atoms with Gasteiger partial charge in [0.2, 0.25) is 0 Å². The number of aryl methyl sites for hydroxylation is 1. The quantitative estimate of drug-likeness (QED) is 0.771. The lowest BCUT2D eigenvalue weighted by atomic mass is 10.1. The molecule has 3 heteroatoms. The van der Waals surface area contributed by atoms with E-state index in [0.29, 0.717) is 6.04 Å². The number of hydrogen-bond acceptors (Lipinski definition) is 1. The van der Waals surface area contributed by atoms with Crippen LogP contribution in [0, 0.1) is 6.92 Å². The van der Waals surface area contributed by atoms with Gasteiger partial charge in [-0.05, 0) is 51.0 Å². The Labute approximate surface area is 115 Å². The molecule has 1 aromatic carbocycles. The molecule has 0 aromatic heterocycles. The Morgan fingerprint density at radius 1 is 1.22 bits per heavy atom. The average molecular weight is 262 g/mol. The molecule has 1 aliphatic heterocycles. The first-order chi connectivity index (χ1) is 8.66. The van der Waals surface area contributed by atoms with Crippen molar-refractivity contribution < 1.29 is 0 Å². The molecular weight excluding hydrogens is 240 g/mol. The van der Waals surface area contributed by atoms with Gasteiger partial charge >= 0.3 is 0 Å². The van der Waals surface area contributed by atoms with Crippen LogP contribution < -0.4 is 5.32 Å². The van der Waals surface area contributed by atoms with Crippen LogP contribution in [0.3, 0.4) is 0 Å². The zero-order chi connectivity index (χ0) is 13.0. The lowest BCUT2D eigenvalue weighted by molar-refractivity contribution is 0.341. The van der Waals surface area contributed by atoms with Crippen molar-refractivity contribution in [1.29, 1.82) is 0 Å². The number of thiocarbonyl (C=S) groups is 1. The van der Waals surface area contributed by atoms with Crippen LogP contribution in [0.5, 0.6) is 0 Å². The molecule has 0 aliphatic carbocycles. The smallest absolute Gasteiger partial charge is 0.173 e. The van der Waals surface area contributed by atoms with Gasteiger partial charge in [-0.15, -0.1) is 0 Å². The molecule has 0 amide bonds. The molecule has 1 N–H and O–H groups in total. The molecule has 1 aromatic rings. The fourth-order valence-electron chi connectivity index (χ4n) is 2.41. The van der Waals surface area contributed by atoms with E-state index in [1.165, 1.54) is 31.2 Å². The molecule has 0 radical (unpaired) electrons. The van der Waals surface area contributed by atoms with Gasteiger partial charge in [-0.2, -0.15) is 0 Å². The van der Waals surface area contributed by atoms with Crippen molar-refractivity contribution in [2.75, 3.05) is 11.9 Å². The number of anilines is 1. The van der Waals surface area contributed by atoms with E-state index in [0.717, 1.165) is 17.3 Å². The van der Waals surface area contributed by atoms with Gasteiger partial charge < -0.3 is 10.2 Å². The monoisotopic (exact) mass is 262 g/mol. The van der Waals surface area contributed by atoms with Crippen molar-refractivity contribution in [3.05, 3.63) is 29.8 Å². The van der Waals surface area contributed by atoms with Crippen LogP contribution in [0.4, 0.5) is 5.69 Å². The highest BCUT2D eigenvalue weighted by Gasteiger charge is 2.19. The van der Waals surface area contributed by atoms with E-state index in [9.17, 15) is 0 Å². The summed E-state index contributed by atoms with van der Waals surface area (Å²) in [6, 6.07) is 8.94. The van der Waals surface area contributed by atoms with Crippen LogP contribution in [0.1, 0.15) is 38.2 Å². The minimum Gasteiger partial charge on any atom is -0.346 e. The molecule has 1 heterocycles. The van der Waals surface area contributed by atoms with Crippen molar-refractivity contribution in [3.63, 3.8) is 0 Å². The maximum atomic E-state index is 5.54. The number of likely N-dealkylation sites (tertiary alicyclic amines) is 1. The van der Waals surface area contributed by atoms with Crippen LogP contribution in [0.15, 0.2) is 24.3 Å². The standard InChI is InChI=1S/C15H22N2S/c1-12-7-9-14(10-8-12)16-15(18)17-11-5-3-4-6-13(17)2/h7-10,13H,3-6,11H2,1-2H3,(H,16,18). The third kappa shape index (κ3) is 3.45. The van der Waals surface area contributed by atoms with Crippen molar-refractivity contribution in [1.82, 2.24) is 4.90 Å². The van der Waals surface area contributed by atoms with Crippen molar-refractivity contribution in [2.45, 2.75) is 45.6 Å². The second-order valence-corrected chi connectivity index (χ2v) is 5.57. The van der Waals surface area contributed by atoms with Gasteiger partial charge in [0.15, 0.2) is 5.11 Å². The van der Waals surface area contributed by atoms with E-state index < -0.39 is 0 Å². The van der Waals surface area contributed by atoms with E-state index >= 15 is 0 Å². The first-order valence-electron chi connectivity index (χ1n) is 6.81. The molecule has 0 bridgehead atoms. The lowest BCUT2D eigenvalue weighted by Gasteiger charge is -2.30. The Kier molecular flexibility index (Phi) is 4.59. The summed E-state index contributed by atoms with van der Waals surface area (Å²) in [4.78, 5) is 2.34. The molecule has 1 unspecified atom stereocenters. The summed E-state index contributed by atoms with van der Waals surface area (Å²) < 4.78 is 0. The predicted molar refractivity (Wildman–Crippen MR) is 82.0 cm³/mol. The first kappa shape index (κ1) is 13.3. The highest BCUT2D eigenvalue weighted by molar-refractivity contribution is 7.80. The zero-order valence-corrected chi connectivity index (χ0v) is 12.1. The fraction of sp³-hybridized carbons (Fsp3) is 0.533. The molecule has 98 valence electrons. The van der Waals surface area contributed by atoms with Crippen molar-refractivity contribution in [3.8, 4) is 0 Å². The number of hydrogen-bond donors (Lipinski definition) is 1. The van der Waals surface area contributed by atoms with Crippen molar-refractivity contribution >= 4 is 23.0 Å². The van der Waals surface area contributed by atoms with Gasteiger partial charge in [0.05, 0.1) is 0 Å². The van der Waals surface area contributed by atoms with E-state index in [-0.39, 0.29) is 0 Å². The van der Waals surface area contributed by atoms with Gasteiger partial charge in [0.25, 0.3) is 0 Å². The number of rotatable bonds is 1. The van der Waals surface area contributed by atoms with Crippen LogP contribution in [0.25, 0.3) is 0 Å². The van der Waals surface area contributed by atoms with Gasteiger partial charge in [0, 0.05) is 18.3 Å². The normalized spacial score (nSPS) is 20.3. The second kappa shape index (κ2) is 6.19. The van der Waals surface area contributed by atoms with Gasteiger partial charge in [-0.1, -0.05) is 30.5 Å². The topological polar surface area (TPSA) is 15.3 Å². The lowest BCUT2D eigenvalue weighted by Crippen LogP contribution is -2.40. The minimum absolute atomic E-state index is 0.554. The van der Waals surface area contributed by atoms with Gasteiger partial charge in [-0.3, -0.25) is 0 Å². The van der Waals surface area contributed by atoms with Crippen molar-refractivity contribution in [2.24, 2.45) is 0 Å². The van der Waals surface area contributed by atoms with Gasteiger partial charge in [0.1, 0.15) is 0 Å². The summed E-state index contributed by atoms with van der Waals surface area (Å²) in [5.74, 6) is 0. The molecule has 1 fully saturated rings. The SMILES string of the molecule is Cc1ccc(NC(=S)N2CCCCCC2C)cc1. The largest absolute Gasteiger partial charge is 0.346 e.